The zero-order valence-electron chi connectivity index (χ0n) is 15.0. The first-order chi connectivity index (χ1) is 13.5. The van der Waals surface area contributed by atoms with E-state index in [0.717, 1.165) is 0 Å². The number of hydrogen-bond acceptors (Lipinski definition) is 3. The Morgan fingerprint density at radius 2 is 1.61 bits per heavy atom. The van der Waals surface area contributed by atoms with Gasteiger partial charge in [-0.25, -0.2) is 4.39 Å². The quantitative estimate of drug-likeness (QED) is 0.779. The number of amides is 2. The zero-order chi connectivity index (χ0) is 20.1. The van der Waals surface area contributed by atoms with Crippen molar-refractivity contribution in [2.24, 2.45) is 11.8 Å². The molecular weight excluding hydrogens is 381 g/mol. The van der Waals surface area contributed by atoms with Gasteiger partial charge in [-0.3, -0.25) is 9.59 Å². The van der Waals surface area contributed by atoms with Crippen molar-refractivity contribution >= 4 is 34.8 Å². The average molecular weight is 400 g/mol. The molecule has 2 N–H and O–H groups in total. The topological polar surface area (TPSA) is 82.0 Å². The monoisotopic (exact) mass is 399 g/mol. The van der Waals surface area contributed by atoms with Crippen LogP contribution < -0.4 is 10.6 Å². The van der Waals surface area contributed by atoms with E-state index < -0.39 is 5.82 Å². The fourth-order valence-electron chi connectivity index (χ4n) is 3.36. The van der Waals surface area contributed by atoms with E-state index in [-0.39, 0.29) is 28.7 Å². The Balaban J connectivity index is 1.53. The minimum atomic E-state index is -0.538. The maximum Gasteiger partial charge on any atom is 0.227 e. The van der Waals surface area contributed by atoms with E-state index in [1.54, 1.807) is 24.3 Å². The highest BCUT2D eigenvalue weighted by Crippen LogP contribution is 2.31. The third-order valence-corrected chi connectivity index (χ3v) is 5.25. The van der Waals surface area contributed by atoms with Crippen LogP contribution in [0.5, 0.6) is 0 Å². The molecule has 5 nitrogen and oxygen atoms in total. The van der Waals surface area contributed by atoms with E-state index >= 15 is 0 Å². The fourth-order valence-corrected chi connectivity index (χ4v) is 3.54. The molecule has 0 unspecified atom stereocenters. The van der Waals surface area contributed by atoms with Crippen LogP contribution in [0, 0.1) is 29.0 Å². The minimum absolute atomic E-state index is 0.0455. The second-order valence-corrected chi connectivity index (χ2v) is 7.22. The second kappa shape index (κ2) is 8.85. The maximum absolute atomic E-state index is 13.2. The molecule has 1 fully saturated rings. The van der Waals surface area contributed by atoms with Gasteiger partial charge in [0, 0.05) is 17.5 Å². The van der Waals surface area contributed by atoms with Crippen LogP contribution in [0.15, 0.2) is 42.5 Å². The van der Waals surface area contributed by atoms with Gasteiger partial charge in [0.1, 0.15) is 11.9 Å². The predicted octanol–water partition coefficient (Wildman–Crippen LogP) is 4.73. The van der Waals surface area contributed by atoms with E-state index in [4.69, 9.17) is 16.9 Å². The van der Waals surface area contributed by atoms with Gasteiger partial charge >= 0.3 is 0 Å². The van der Waals surface area contributed by atoms with Gasteiger partial charge in [-0.1, -0.05) is 23.7 Å². The lowest BCUT2D eigenvalue weighted by Gasteiger charge is -2.27. The number of hydrogen-bond donors (Lipinski definition) is 2. The van der Waals surface area contributed by atoms with Crippen LogP contribution in [0.25, 0.3) is 0 Å². The largest absolute Gasteiger partial charge is 0.326 e. The number of para-hydroxylation sites is 1. The van der Waals surface area contributed by atoms with Crippen molar-refractivity contribution in [1.82, 2.24) is 0 Å². The fraction of sp³-hybridized carbons (Fsp3) is 0.286. The number of nitrogens with one attached hydrogen (secondary N) is 2. The molecule has 2 aromatic rings. The Kier molecular flexibility index (Phi) is 6.27. The molecule has 0 bridgehead atoms. The summed E-state index contributed by atoms with van der Waals surface area (Å²) in [5, 5.41) is 14.6. The minimum Gasteiger partial charge on any atom is -0.326 e. The summed E-state index contributed by atoms with van der Waals surface area (Å²) in [5.74, 6) is -1.23. The van der Waals surface area contributed by atoms with Gasteiger partial charge in [-0.05, 0) is 56.0 Å². The molecule has 1 saturated carbocycles. The Bertz CT molecular complexity index is 933. The molecular formula is C21H19ClFN3O2. The number of nitriles is 1. The molecule has 0 atom stereocenters. The molecule has 2 amide bonds. The summed E-state index contributed by atoms with van der Waals surface area (Å²) in [7, 11) is 0. The van der Waals surface area contributed by atoms with Crippen molar-refractivity contribution in [3.8, 4) is 6.07 Å². The summed E-state index contributed by atoms with van der Waals surface area (Å²) in [6.07, 6.45) is 2.34. The summed E-state index contributed by atoms with van der Waals surface area (Å²) >= 11 is 5.73. The van der Waals surface area contributed by atoms with E-state index in [0.29, 0.717) is 42.6 Å². The number of anilines is 2. The highest BCUT2D eigenvalue weighted by molar-refractivity contribution is 6.31. The molecule has 28 heavy (non-hydrogen) atoms. The Morgan fingerprint density at radius 1 is 1.00 bits per heavy atom. The first-order valence-electron chi connectivity index (χ1n) is 9.04. The number of benzene rings is 2. The van der Waals surface area contributed by atoms with Crippen LogP contribution in [0.4, 0.5) is 15.8 Å². The number of halogens is 2. The van der Waals surface area contributed by atoms with Gasteiger partial charge in [-0.2, -0.15) is 5.26 Å². The van der Waals surface area contributed by atoms with Gasteiger partial charge < -0.3 is 10.6 Å². The van der Waals surface area contributed by atoms with Crippen molar-refractivity contribution in [3.05, 3.63) is 58.9 Å². The highest BCUT2D eigenvalue weighted by Gasteiger charge is 2.30. The smallest absolute Gasteiger partial charge is 0.227 e. The summed E-state index contributed by atoms with van der Waals surface area (Å²) in [6.45, 7) is 0. The number of carbonyl (C=O) groups excluding carboxylic acids is 2. The molecule has 1 aliphatic carbocycles. The summed E-state index contributed by atoms with van der Waals surface area (Å²) in [6, 6.07) is 13.0. The van der Waals surface area contributed by atoms with Crippen molar-refractivity contribution in [1.29, 1.82) is 5.26 Å². The first kappa shape index (κ1) is 19.8. The first-order valence-corrected chi connectivity index (χ1v) is 9.41. The van der Waals surface area contributed by atoms with Crippen LogP contribution in [-0.2, 0) is 9.59 Å². The lowest BCUT2D eigenvalue weighted by Crippen LogP contribution is -2.32. The van der Waals surface area contributed by atoms with Crippen LogP contribution in [0.2, 0.25) is 5.02 Å². The highest BCUT2D eigenvalue weighted by atomic mass is 35.5. The van der Waals surface area contributed by atoms with Crippen molar-refractivity contribution < 1.29 is 14.0 Å². The van der Waals surface area contributed by atoms with E-state index in [2.05, 4.69) is 16.7 Å². The van der Waals surface area contributed by atoms with Crippen molar-refractivity contribution in [3.63, 3.8) is 0 Å². The van der Waals surface area contributed by atoms with Gasteiger partial charge in [0.25, 0.3) is 0 Å². The Morgan fingerprint density at radius 3 is 2.21 bits per heavy atom. The van der Waals surface area contributed by atoms with Crippen LogP contribution in [-0.4, -0.2) is 11.8 Å². The second-order valence-electron chi connectivity index (χ2n) is 6.81. The summed E-state index contributed by atoms with van der Waals surface area (Å²) < 4.78 is 13.2. The number of rotatable bonds is 4. The molecule has 0 heterocycles. The number of carbonyl (C=O) groups is 2. The molecule has 0 saturated heterocycles. The normalized spacial score (nSPS) is 18.8. The van der Waals surface area contributed by atoms with E-state index in [9.17, 15) is 14.0 Å². The maximum atomic E-state index is 13.2. The number of nitrogens with zero attached hydrogens (tertiary/aromatic N) is 1. The third kappa shape index (κ3) is 4.68. The SMILES string of the molecule is N#Cc1ccccc1NC(=O)C1CCC(C(=O)Nc2ccc(F)c(Cl)c2)CC1. The van der Waals surface area contributed by atoms with Crippen molar-refractivity contribution in [2.45, 2.75) is 25.7 Å². The lowest BCUT2D eigenvalue weighted by atomic mass is 9.81. The zero-order valence-corrected chi connectivity index (χ0v) is 15.8. The van der Waals surface area contributed by atoms with E-state index in [1.807, 2.05) is 0 Å². The molecule has 1 aliphatic rings. The Hall–Kier alpha value is -2.91. The molecule has 7 heteroatoms. The molecule has 0 aliphatic heterocycles. The van der Waals surface area contributed by atoms with Crippen LogP contribution in [0.3, 0.4) is 0 Å². The molecule has 0 aromatic heterocycles. The van der Waals surface area contributed by atoms with Gasteiger partial charge in [0.2, 0.25) is 11.8 Å². The van der Waals surface area contributed by atoms with Gasteiger partial charge in [0.15, 0.2) is 0 Å². The molecule has 0 radical (unpaired) electrons. The molecule has 144 valence electrons. The van der Waals surface area contributed by atoms with Gasteiger partial charge in [0.05, 0.1) is 16.3 Å². The predicted molar refractivity (Wildman–Crippen MR) is 105 cm³/mol. The molecule has 0 spiro atoms. The van der Waals surface area contributed by atoms with E-state index in [1.165, 1.54) is 18.2 Å². The summed E-state index contributed by atoms with van der Waals surface area (Å²) in [5.41, 5.74) is 1.37. The average Bonchev–Trinajstić information content (AvgIpc) is 2.71. The molecule has 3 rings (SSSR count). The van der Waals surface area contributed by atoms with Crippen molar-refractivity contribution in [2.75, 3.05) is 10.6 Å². The lowest BCUT2D eigenvalue weighted by molar-refractivity contribution is -0.125. The standard InChI is InChI=1S/C21H19ClFN3O2/c22-17-11-16(9-10-18(17)23)25-20(27)13-5-7-14(8-6-13)21(28)26-19-4-2-1-3-15(19)12-24/h1-4,9-11,13-14H,5-8H2,(H,25,27)(H,26,28). The third-order valence-electron chi connectivity index (χ3n) is 4.96. The Labute approximate surface area is 167 Å². The summed E-state index contributed by atoms with van der Waals surface area (Å²) in [4.78, 5) is 24.9. The van der Waals surface area contributed by atoms with Crippen LogP contribution >= 0.6 is 11.6 Å². The van der Waals surface area contributed by atoms with Gasteiger partial charge in [-0.15, -0.1) is 0 Å². The molecule has 2 aromatic carbocycles. The van der Waals surface area contributed by atoms with Crippen LogP contribution in [0.1, 0.15) is 31.2 Å².